The van der Waals surface area contributed by atoms with Crippen molar-refractivity contribution in [2.75, 3.05) is 13.1 Å². The van der Waals surface area contributed by atoms with Gasteiger partial charge in [-0.1, -0.05) is 11.6 Å². The predicted octanol–water partition coefficient (Wildman–Crippen LogP) is 1.21. The zero-order valence-electron chi connectivity index (χ0n) is 17.0. The third kappa shape index (κ3) is 3.35. The minimum absolute atomic E-state index is 0.194. The Balaban J connectivity index is 1.43. The first-order chi connectivity index (χ1) is 14.8. The van der Waals surface area contributed by atoms with Crippen molar-refractivity contribution in [3.63, 3.8) is 0 Å². The zero-order chi connectivity index (χ0) is 21.8. The Kier molecular flexibility index (Phi) is 4.35. The molecule has 0 saturated carbocycles. The number of H-pyrrole nitrogens is 3. The molecule has 1 spiro atoms. The van der Waals surface area contributed by atoms with Crippen LogP contribution in [0, 0.1) is 6.92 Å². The molecule has 0 aliphatic carbocycles. The second kappa shape index (κ2) is 6.97. The van der Waals surface area contributed by atoms with Gasteiger partial charge in [-0.15, -0.1) is 0 Å². The van der Waals surface area contributed by atoms with Gasteiger partial charge in [0.25, 0.3) is 11.5 Å². The molecule has 0 bridgehead atoms. The number of ether oxygens (including phenoxy) is 1. The van der Waals surface area contributed by atoms with Gasteiger partial charge < -0.3 is 14.6 Å². The van der Waals surface area contributed by atoms with E-state index in [-0.39, 0.29) is 17.3 Å². The quantitative estimate of drug-likeness (QED) is 0.543. The maximum Gasteiger partial charge on any atom is 0.328 e. The largest absolute Gasteiger partial charge is 0.471 e. The number of nitrogens with one attached hydrogen (secondary N) is 3. The molecule has 1 atom stereocenters. The molecule has 1 saturated heterocycles. The Morgan fingerprint density at radius 1 is 1.06 bits per heavy atom. The Hall–Kier alpha value is -3.62. The van der Waals surface area contributed by atoms with Crippen LogP contribution >= 0.6 is 0 Å². The number of amides is 1. The fourth-order valence-corrected chi connectivity index (χ4v) is 4.68. The van der Waals surface area contributed by atoms with Gasteiger partial charge in [0.1, 0.15) is 5.60 Å². The van der Waals surface area contributed by atoms with Crippen LogP contribution in [0.4, 0.5) is 0 Å². The number of fused-ring (bicyclic) bond motifs is 2. The van der Waals surface area contributed by atoms with Gasteiger partial charge in [0.2, 0.25) is 11.4 Å². The van der Waals surface area contributed by atoms with Gasteiger partial charge >= 0.3 is 5.69 Å². The molecule has 9 heteroatoms. The van der Waals surface area contributed by atoms with E-state index in [1.165, 1.54) is 6.07 Å². The molecule has 4 heterocycles. The van der Waals surface area contributed by atoms with Crippen LogP contribution in [-0.4, -0.2) is 44.4 Å². The highest BCUT2D eigenvalue weighted by Crippen LogP contribution is 2.38. The molecule has 3 N–H and O–H groups in total. The Labute approximate surface area is 176 Å². The Bertz CT molecular complexity index is 1390. The highest BCUT2D eigenvalue weighted by molar-refractivity contribution is 6.06. The normalized spacial score (nSPS) is 20.5. The summed E-state index contributed by atoms with van der Waals surface area (Å²) in [6, 6.07) is 6.96. The summed E-state index contributed by atoms with van der Waals surface area (Å²) >= 11 is 0. The average molecular weight is 422 g/mol. The summed E-state index contributed by atoms with van der Waals surface area (Å²) < 4.78 is 6.05. The number of rotatable bonds is 1. The number of aromatic nitrogens is 3. The number of hydrogen-bond acceptors (Lipinski definition) is 5. The summed E-state index contributed by atoms with van der Waals surface area (Å²) in [7, 11) is 0. The molecule has 2 aliphatic rings. The average Bonchev–Trinajstić information content (AvgIpc) is 2.95. The SMILES string of the molecule is Cc1ccc2[nH]c(=O)cc(C(=O)N3CCC[C@@]4(CC3)Cc3c([nH]c(=O)[nH]c3=O)O4)c2c1. The fraction of sp³-hybridized carbons (Fsp3) is 0.364. The van der Waals surface area contributed by atoms with Crippen molar-refractivity contribution in [3.8, 4) is 5.88 Å². The molecule has 5 rings (SSSR count). The van der Waals surface area contributed by atoms with Crippen LogP contribution in [0.2, 0.25) is 0 Å². The first-order valence-electron chi connectivity index (χ1n) is 10.3. The van der Waals surface area contributed by atoms with Crippen molar-refractivity contribution in [1.82, 2.24) is 19.9 Å². The number of aryl methyl sites for hydroxylation is 1. The van der Waals surface area contributed by atoms with Gasteiger partial charge in [0, 0.05) is 42.9 Å². The topological polar surface area (TPSA) is 128 Å². The number of carbonyl (C=O) groups is 1. The summed E-state index contributed by atoms with van der Waals surface area (Å²) in [4.78, 5) is 58.5. The van der Waals surface area contributed by atoms with Gasteiger partial charge in [-0.25, -0.2) is 4.79 Å². The molecule has 1 aromatic carbocycles. The van der Waals surface area contributed by atoms with Crippen LogP contribution in [0.5, 0.6) is 5.88 Å². The van der Waals surface area contributed by atoms with Gasteiger partial charge in [0.15, 0.2) is 0 Å². The standard InChI is InChI=1S/C22H22N4O5/c1-12-3-4-16-13(9-12)14(10-17(27)23-16)20(29)26-7-2-5-22(6-8-26)11-15-18(28)24-21(30)25-19(15)31-22/h3-4,9-10H,2,5-8,11H2,1H3,(H,23,27)(H2,24,25,28,30)/t22-/m1/s1. The van der Waals surface area contributed by atoms with E-state index in [1.54, 1.807) is 4.90 Å². The monoisotopic (exact) mass is 422 g/mol. The number of nitrogens with zero attached hydrogens (tertiary/aromatic N) is 1. The van der Waals surface area contributed by atoms with Crippen LogP contribution < -0.4 is 21.5 Å². The van der Waals surface area contributed by atoms with Crippen LogP contribution in [0.3, 0.4) is 0 Å². The van der Waals surface area contributed by atoms with Crippen molar-refractivity contribution < 1.29 is 9.53 Å². The van der Waals surface area contributed by atoms with E-state index in [4.69, 9.17) is 4.74 Å². The molecule has 2 aromatic heterocycles. The lowest BCUT2D eigenvalue weighted by Crippen LogP contribution is -2.38. The lowest BCUT2D eigenvalue weighted by Gasteiger charge is -2.27. The molecule has 1 amide bonds. The first kappa shape index (κ1) is 19.3. The molecule has 0 unspecified atom stereocenters. The summed E-state index contributed by atoms with van der Waals surface area (Å²) in [6.45, 7) is 2.89. The van der Waals surface area contributed by atoms with Crippen LogP contribution in [0.1, 0.15) is 40.7 Å². The van der Waals surface area contributed by atoms with E-state index in [2.05, 4.69) is 15.0 Å². The number of pyridine rings is 1. The molecule has 9 nitrogen and oxygen atoms in total. The first-order valence-corrected chi connectivity index (χ1v) is 10.3. The Morgan fingerprint density at radius 3 is 2.74 bits per heavy atom. The molecule has 31 heavy (non-hydrogen) atoms. The summed E-state index contributed by atoms with van der Waals surface area (Å²) in [5, 5.41) is 0.720. The number of benzene rings is 1. The maximum atomic E-state index is 13.4. The van der Waals surface area contributed by atoms with Crippen LogP contribution in [0.25, 0.3) is 10.9 Å². The van der Waals surface area contributed by atoms with Crippen molar-refractivity contribution in [3.05, 3.63) is 72.1 Å². The van der Waals surface area contributed by atoms with Gasteiger partial charge in [-0.05, 0) is 31.9 Å². The molecule has 1 fully saturated rings. The van der Waals surface area contributed by atoms with E-state index in [0.29, 0.717) is 55.4 Å². The lowest BCUT2D eigenvalue weighted by molar-refractivity contribution is 0.0658. The van der Waals surface area contributed by atoms with Gasteiger partial charge in [-0.3, -0.25) is 24.4 Å². The third-order valence-electron chi connectivity index (χ3n) is 6.23. The summed E-state index contributed by atoms with van der Waals surface area (Å²) in [6.07, 6.45) is 2.25. The smallest absolute Gasteiger partial charge is 0.328 e. The van der Waals surface area contributed by atoms with Crippen molar-refractivity contribution in [2.24, 2.45) is 0 Å². The number of hydrogen-bond donors (Lipinski definition) is 3. The number of carbonyl (C=O) groups excluding carboxylic acids is 1. The Morgan fingerprint density at radius 2 is 1.90 bits per heavy atom. The molecule has 160 valence electrons. The van der Waals surface area contributed by atoms with E-state index in [0.717, 1.165) is 10.9 Å². The minimum atomic E-state index is -0.624. The maximum absolute atomic E-state index is 13.4. The lowest BCUT2D eigenvalue weighted by atomic mass is 9.90. The minimum Gasteiger partial charge on any atom is -0.471 e. The van der Waals surface area contributed by atoms with E-state index >= 15 is 0 Å². The fourth-order valence-electron chi connectivity index (χ4n) is 4.68. The second-order valence-electron chi connectivity index (χ2n) is 8.42. The van der Waals surface area contributed by atoms with Crippen molar-refractivity contribution >= 4 is 16.8 Å². The highest BCUT2D eigenvalue weighted by atomic mass is 16.5. The molecular formula is C22H22N4O5. The van der Waals surface area contributed by atoms with Crippen LogP contribution in [0.15, 0.2) is 38.6 Å². The third-order valence-corrected chi connectivity index (χ3v) is 6.23. The zero-order valence-corrected chi connectivity index (χ0v) is 17.0. The predicted molar refractivity (Wildman–Crippen MR) is 114 cm³/mol. The molecular weight excluding hydrogens is 400 g/mol. The molecule has 0 radical (unpaired) electrons. The van der Waals surface area contributed by atoms with Gasteiger partial charge in [0.05, 0.1) is 11.1 Å². The van der Waals surface area contributed by atoms with E-state index < -0.39 is 16.9 Å². The van der Waals surface area contributed by atoms with Crippen molar-refractivity contribution in [1.29, 1.82) is 0 Å². The van der Waals surface area contributed by atoms with Crippen molar-refractivity contribution in [2.45, 2.75) is 38.2 Å². The summed E-state index contributed by atoms with van der Waals surface area (Å²) in [5.74, 6) is 0.0325. The second-order valence-corrected chi connectivity index (χ2v) is 8.42. The molecule has 3 aromatic rings. The van der Waals surface area contributed by atoms with Crippen LogP contribution in [-0.2, 0) is 6.42 Å². The van der Waals surface area contributed by atoms with E-state index in [1.807, 2.05) is 25.1 Å². The summed E-state index contributed by atoms with van der Waals surface area (Å²) in [5.41, 5.74) is 0.488. The number of aromatic amines is 3. The van der Waals surface area contributed by atoms with Gasteiger partial charge in [-0.2, -0.15) is 0 Å². The van der Waals surface area contributed by atoms with E-state index in [9.17, 15) is 19.2 Å². The number of likely N-dealkylation sites (tertiary alicyclic amines) is 1. The molecule has 2 aliphatic heterocycles. The highest BCUT2D eigenvalue weighted by Gasteiger charge is 2.43.